The summed E-state index contributed by atoms with van der Waals surface area (Å²) in [7, 11) is 0. The maximum absolute atomic E-state index is 12.9. The minimum Gasteiger partial charge on any atom is -0.426 e. The van der Waals surface area contributed by atoms with Gasteiger partial charge in [0.15, 0.2) is 0 Å². The summed E-state index contributed by atoms with van der Waals surface area (Å²) < 4.78 is 5.50. The molecule has 0 aliphatic heterocycles. The number of benzene rings is 2. The molecule has 0 bridgehead atoms. The number of nitrogens with one attached hydrogen (secondary N) is 1. The van der Waals surface area contributed by atoms with Crippen LogP contribution in [-0.4, -0.2) is 23.4 Å². The normalized spacial score (nSPS) is 12.4. The number of anilines is 1. The summed E-state index contributed by atoms with van der Waals surface area (Å²) in [6.07, 6.45) is 3.49. The predicted molar refractivity (Wildman–Crippen MR) is 118 cm³/mol. The highest BCUT2D eigenvalue weighted by molar-refractivity contribution is 5.98. The molecule has 0 aliphatic rings. The molecule has 0 fully saturated rings. The zero-order valence-corrected chi connectivity index (χ0v) is 17.7. The van der Waals surface area contributed by atoms with Crippen LogP contribution in [0.15, 0.2) is 54.9 Å². The summed E-state index contributed by atoms with van der Waals surface area (Å²) >= 11 is 0. The van der Waals surface area contributed by atoms with E-state index in [0.29, 0.717) is 11.4 Å². The number of carbonyl (C=O) groups is 2. The van der Waals surface area contributed by atoms with Crippen molar-refractivity contribution in [2.75, 3.05) is 11.9 Å². The van der Waals surface area contributed by atoms with Crippen LogP contribution in [0.5, 0.6) is 5.75 Å². The standard InChI is InChI=1S/C24H27N3O3/c1-15-11-17(6-8-21(15)30-23(29)24(2,3)4)20(13-25)22(28)27-19-7-5-18-14-26-10-9-16(18)12-19/h5-12,14,20H,13,25H2,1-4H3,(H,27,28). The first-order valence-corrected chi connectivity index (χ1v) is 9.86. The fourth-order valence-corrected chi connectivity index (χ4v) is 3.04. The summed E-state index contributed by atoms with van der Waals surface area (Å²) in [5.41, 5.74) is 7.57. The van der Waals surface area contributed by atoms with Crippen molar-refractivity contribution < 1.29 is 14.3 Å². The van der Waals surface area contributed by atoms with E-state index >= 15 is 0 Å². The van der Waals surface area contributed by atoms with E-state index in [4.69, 9.17) is 10.5 Å². The second-order valence-electron chi connectivity index (χ2n) is 8.38. The first-order chi connectivity index (χ1) is 14.2. The van der Waals surface area contributed by atoms with E-state index in [-0.39, 0.29) is 18.4 Å². The molecule has 1 heterocycles. The SMILES string of the molecule is Cc1cc(C(CN)C(=O)Nc2ccc3cnccc3c2)ccc1OC(=O)C(C)(C)C. The van der Waals surface area contributed by atoms with Crippen LogP contribution in [-0.2, 0) is 9.59 Å². The van der Waals surface area contributed by atoms with Crippen LogP contribution >= 0.6 is 0 Å². The smallest absolute Gasteiger partial charge is 0.316 e. The summed E-state index contributed by atoms with van der Waals surface area (Å²) in [4.78, 5) is 29.1. The van der Waals surface area contributed by atoms with Gasteiger partial charge in [-0.3, -0.25) is 14.6 Å². The van der Waals surface area contributed by atoms with Crippen molar-refractivity contribution in [3.8, 4) is 5.75 Å². The van der Waals surface area contributed by atoms with Gasteiger partial charge in [0.2, 0.25) is 5.91 Å². The number of pyridine rings is 1. The van der Waals surface area contributed by atoms with E-state index < -0.39 is 11.3 Å². The van der Waals surface area contributed by atoms with Crippen LogP contribution in [0, 0.1) is 12.3 Å². The van der Waals surface area contributed by atoms with Gasteiger partial charge in [0.25, 0.3) is 0 Å². The van der Waals surface area contributed by atoms with Crippen LogP contribution in [0.3, 0.4) is 0 Å². The molecule has 0 spiro atoms. The quantitative estimate of drug-likeness (QED) is 0.491. The van der Waals surface area contributed by atoms with Crippen molar-refractivity contribution in [3.63, 3.8) is 0 Å². The van der Waals surface area contributed by atoms with Crippen molar-refractivity contribution in [3.05, 3.63) is 66.0 Å². The van der Waals surface area contributed by atoms with Gasteiger partial charge in [-0.25, -0.2) is 0 Å². The van der Waals surface area contributed by atoms with Gasteiger partial charge in [-0.1, -0.05) is 18.2 Å². The molecule has 156 valence electrons. The number of nitrogens with zero attached hydrogens (tertiary/aromatic N) is 1. The average Bonchev–Trinajstić information content (AvgIpc) is 2.69. The molecular weight excluding hydrogens is 378 g/mol. The minimum atomic E-state index is -0.597. The third-order valence-electron chi connectivity index (χ3n) is 4.88. The van der Waals surface area contributed by atoms with Crippen LogP contribution in [0.25, 0.3) is 10.8 Å². The molecule has 0 radical (unpaired) electrons. The molecule has 1 amide bonds. The largest absolute Gasteiger partial charge is 0.426 e. The molecule has 0 saturated heterocycles. The third kappa shape index (κ3) is 4.83. The maximum atomic E-state index is 12.9. The predicted octanol–water partition coefficient (Wildman–Crippen LogP) is 4.18. The molecule has 0 aliphatic carbocycles. The van der Waals surface area contributed by atoms with Crippen LogP contribution in [0.4, 0.5) is 5.69 Å². The lowest BCUT2D eigenvalue weighted by molar-refractivity contribution is -0.143. The number of hydrogen-bond donors (Lipinski definition) is 2. The van der Waals surface area contributed by atoms with Crippen molar-refractivity contribution in [2.45, 2.75) is 33.6 Å². The Bertz CT molecular complexity index is 1090. The summed E-state index contributed by atoms with van der Waals surface area (Å²) in [6.45, 7) is 7.41. The van der Waals surface area contributed by atoms with E-state index in [1.165, 1.54) is 0 Å². The van der Waals surface area contributed by atoms with Crippen LogP contribution in [0.2, 0.25) is 0 Å². The number of nitrogens with two attached hydrogens (primary N) is 1. The second kappa shape index (κ2) is 8.63. The molecule has 3 N–H and O–H groups in total. The molecule has 1 atom stereocenters. The highest BCUT2D eigenvalue weighted by atomic mass is 16.5. The number of fused-ring (bicyclic) bond motifs is 1. The van der Waals surface area contributed by atoms with Gasteiger partial charge < -0.3 is 15.8 Å². The number of carbonyl (C=O) groups excluding carboxylic acids is 2. The lowest BCUT2D eigenvalue weighted by Crippen LogP contribution is -2.28. The molecule has 6 heteroatoms. The molecule has 3 rings (SSSR count). The van der Waals surface area contributed by atoms with E-state index in [0.717, 1.165) is 21.9 Å². The Balaban J connectivity index is 1.78. The van der Waals surface area contributed by atoms with E-state index in [2.05, 4.69) is 10.3 Å². The summed E-state index contributed by atoms with van der Waals surface area (Å²) in [5.74, 6) is -0.537. The first kappa shape index (κ1) is 21.5. The number of rotatable bonds is 5. The summed E-state index contributed by atoms with van der Waals surface area (Å²) in [6, 6.07) is 12.9. The zero-order valence-electron chi connectivity index (χ0n) is 17.7. The molecule has 2 aromatic carbocycles. The van der Waals surface area contributed by atoms with Gasteiger partial charge in [0, 0.05) is 30.0 Å². The Hall–Kier alpha value is -3.25. The van der Waals surface area contributed by atoms with Gasteiger partial charge in [-0.2, -0.15) is 0 Å². The molecule has 1 aromatic heterocycles. The highest BCUT2D eigenvalue weighted by Gasteiger charge is 2.25. The van der Waals surface area contributed by atoms with Crippen LogP contribution < -0.4 is 15.8 Å². The Morgan fingerprint density at radius 1 is 1.10 bits per heavy atom. The number of aryl methyl sites for hydroxylation is 1. The van der Waals surface area contributed by atoms with Gasteiger partial charge in [0.05, 0.1) is 11.3 Å². The third-order valence-corrected chi connectivity index (χ3v) is 4.88. The highest BCUT2D eigenvalue weighted by Crippen LogP contribution is 2.27. The average molecular weight is 405 g/mol. The topological polar surface area (TPSA) is 94.3 Å². The Labute approximate surface area is 176 Å². The monoisotopic (exact) mass is 405 g/mol. The molecular formula is C24H27N3O3. The number of aromatic nitrogens is 1. The Kier molecular flexibility index (Phi) is 6.17. The van der Waals surface area contributed by atoms with Crippen molar-refractivity contribution in [1.82, 2.24) is 4.98 Å². The Morgan fingerprint density at radius 3 is 2.53 bits per heavy atom. The maximum Gasteiger partial charge on any atom is 0.316 e. The van der Waals surface area contributed by atoms with Crippen molar-refractivity contribution >= 4 is 28.3 Å². The zero-order chi connectivity index (χ0) is 21.9. The van der Waals surface area contributed by atoms with Crippen LogP contribution in [0.1, 0.15) is 37.8 Å². The summed E-state index contributed by atoms with van der Waals surface area (Å²) in [5, 5.41) is 4.94. The molecule has 1 unspecified atom stereocenters. The molecule has 0 saturated carbocycles. The lowest BCUT2D eigenvalue weighted by atomic mass is 9.95. The molecule has 3 aromatic rings. The first-order valence-electron chi connectivity index (χ1n) is 9.86. The van der Waals surface area contributed by atoms with E-state index in [1.807, 2.05) is 37.3 Å². The number of amides is 1. The van der Waals surface area contributed by atoms with E-state index in [9.17, 15) is 9.59 Å². The van der Waals surface area contributed by atoms with Gasteiger partial charge in [-0.05, 0) is 68.5 Å². The fraction of sp³-hybridized carbons (Fsp3) is 0.292. The van der Waals surface area contributed by atoms with Crippen molar-refractivity contribution in [2.24, 2.45) is 11.1 Å². The van der Waals surface area contributed by atoms with Gasteiger partial charge in [0.1, 0.15) is 5.75 Å². The lowest BCUT2D eigenvalue weighted by Gasteiger charge is -2.19. The molecule has 6 nitrogen and oxygen atoms in total. The number of hydrogen-bond acceptors (Lipinski definition) is 5. The van der Waals surface area contributed by atoms with Gasteiger partial charge in [-0.15, -0.1) is 0 Å². The second-order valence-corrected chi connectivity index (χ2v) is 8.38. The molecule has 30 heavy (non-hydrogen) atoms. The Morgan fingerprint density at radius 2 is 1.87 bits per heavy atom. The fourth-order valence-electron chi connectivity index (χ4n) is 3.04. The minimum absolute atomic E-state index is 0.157. The van der Waals surface area contributed by atoms with E-state index in [1.54, 1.807) is 45.3 Å². The number of esters is 1. The van der Waals surface area contributed by atoms with Gasteiger partial charge >= 0.3 is 5.97 Å². The number of ether oxygens (including phenoxy) is 1. The van der Waals surface area contributed by atoms with Crippen molar-refractivity contribution in [1.29, 1.82) is 0 Å².